The first-order valence-corrected chi connectivity index (χ1v) is 9.68. The summed E-state index contributed by atoms with van der Waals surface area (Å²) in [5.74, 6) is 0.333. The number of carbonyl (C=O) groups is 1. The van der Waals surface area contributed by atoms with Crippen LogP contribution in [0, 0.1) is 5.92 Å². The number of hydrogen-bond donors (Lipinski definition) is 1. The van der Waals surface area contributed by atoms with Gasteiger partial charge in [0.25, 0.3) is 0 Å². The molecule has 140 valence electrons. The second kappa shape index (κ2) is 6.58. The number of piperidine rings is 1. The van der Waals surface area contributed by atoms with E-state index in [9.17, 15) is 9.59 Å². The van der Waals surface area contributed by atoms with Crippen LogP contribution in [-0.2, 0) is 6.54 Å². The third-order valence-electron chi connectivity index (χ3n) is 6.01. The molecule has 6 nitrogen and oxygen atoms in total. The molecule has 2 bridgehead atoms. The van der Waals surface area contributed by atoms with Crippen molar-refractivity contribution in [1.82, 2.24) is 19.4 Å². The average Bonchev–Trinajstić information content (AvgIpc) is 2.97. The minimum atomic E-state index is -0.289. The quantitative estimate of drug-likeness (QED) is 0.920. The monoisotopic (exact) mass is 356 g/mol. The topological polar surface area (TPSA) is 59.3 Å². The zero-order valence-electron chi connectivity index (χ0n) is 15.8. The smallest absolute Gasteiger partial charge is 0.334 e. The van der Waals surface area contributed by atoms with E-state index in [4.69, 9.17) is 0 Å². The van der Waals surface area contributed by atoms with Crippen molar-refractivity contribution in [2.75, 3.05) is 7.05 Å². The van der Waals surface area contributed by atoms with Crippen molar-refractivity contribution in [3.63, 3.8) is 0 Å². The summed E-state index contributed by atoms with van der Waals surface area (Å²) >= 11 is 0. The van der Waals surface area contributed by atoms with Crippen molar-refractivity contribution in [3.8, 4) is 0 Å². The maximum Gasteiger partial charge on any atom is 0.337 e. The lowest BCUT2D eigenvalue weighted by atomic mass is 9.98. The number of carbonyl (C=O) groups excluding carboxylic acids is 1. The minimum absolute atomic E-state index is 0.148. The first kappa shape index (κ1) is 17.3. The van der Waals surface area contributed by atoms with Crippen molar-refractivity contribution in [3.05, 3.63) is 34.7 Å². The minimum Gasteiger partial charge on any atom is -0.334 e. The van der Waals surface area contributed by atoms with Gasteiger partial charge in [-0.2, -0.15) is 0 Å². The van der Waals surface area contributed by atoms with Gasteiger partial charge < -0.3 is 10.2 Å². The number of rotatable bonds is 3. The summed E-state index contributed by atoms with van der Waals surface area (Å²) in [6.07, 6.45) is 4.36. The van der Waals surface area contributed by atoms with Gasteiger partial charge in [0.15, 0.2) is 0 Å². The van der Waals surface area contributed by atoms with Gasteiger partial charge in [0.2, 0.25) is 0 Å². The van der Waals surface area contributed by atoms with E-state index in [-0.39, 0.29) is 17.8 Å². The molecule has 26 heavy (non-hydrogen) atoms. The van der Waals surface area contributed by atoms with Gasteiger partial charge >= 0.3 is 11.7 Å². The normalized spacial score (nSPS) is 25.9. The van der Waals surface area contributed by atoms with Gasteiger partial charge in [-0.05, 0) is 50.8 Å². The van der Waals surface area contributed by atoms with Gasteiger partial charge in [-0.15, -0.1) is 0 Å². The van der Waals surface area contributed by atoms with E-state index in [2.05, 4.69) is 31.1 Å². The number of amides is 1. The van der Waals surface area contributed by atoms with Crippen LogP contribution in [0.1, 0.15) is 39.5 Å². The molecular formula is C20H28N4O2. The molecule has 6 heteroatoms. The molecule has 0 saturated carbocycles. The number of nitrogens with zero attached hydrogens (tertiary/aromatic N) is 3. The summed E-state index contributed by atoms with van der Waals surface area (Å²) in [6, 6.07) is 8.52. The van der Waals surface area contributed by atoms with Crippen molar-refractivity contribution >= 4 is 17.1 Å². The summed E-state index contributed by atoms with van der Waals surface area (Å²) < 4.78 is 3.04. The van der Waals surface area contributed by atoms with Crippen LogP contribution in [0.25, 0.3) is 11.0 Å². The average molecular weight is 356 g/mol. The third-order valence-corrected chi connectivity index (χ3v) is 6.01. The second-order valence-electron chi connectivity index (χ2n) is 8.28. The highest BCUT2D eigenvalue weighted by Crippen LogP contribution is 2.34. The molecule has 0 spiro atoms. The van der Waals surface area contributed by atoms with Crippen LogP contribution in [0.3, 0.4) is 0 Å². The number of hydrogen-bond acceptors (Lipinski definition) is 3. The lowest BCUT2D eigenvalue weighted by molar-refractivity contribution is 0.149. The predicted molar refractivity (Wildman–Crippen MR) is 103 cm³/mol. The van der Waals surface area contributed by atoms with E-state index in [0.29, 0.717) is 30.1 Å². The number of imidazole rings is 1. The van der Waals surface area contributed by atoms with Crippen LogP contribution in [0.4, 0.5) is 4.79 Å². The largest absolute Gasteiger partial charge is 0.337 e. The molecule has 2 aromatic rings. The number of para-hydroxylation sites is 2. The Morgan fingerprint density at radius 3 is 2.38 bits per heavy atom. The van der Waals surface area contributed by atoms with Gasteiger partial charge in [0.05, 0.1) is 11.0 Å². The summed E-state index contributed by atoms with van der Waals surface area (Å²) in [4.78, 5) is 28.4. The Bertz CT molecular complexity index is 868. The van der Waals surface area contributed by atoms with Gasteiger partial charge in [-0.1, -0.05) is 26.0 Å². The molecule has 1 aromatic carbocycles. The first-order chi connectivity index (χ1) is 12.5. The predicted octanol–water partition coefficient (Wildman–Crippen LogP) is 2.64. The van der Waals surface area contributed by atoms with E-state index in [1.807, 2.05) is 24.3 Å². The van der Waals surface area contributed by atoms with Crippen LogP contribution < -0.4 is 11.0 Å². The van der Waals surface area contributed by atoms with E-state index < -0.39 is 0 Å². The maximum atomic E-state index is 13.0. The van der Waals surface area contributed by atoms with Crippen LogP contribution in [0.5, 0.6) is 0 Å². The van der Waals surface area contributed by atoms with Crippen molar-refractivity contribution in [2.45, 2.75) is 64.2 Å². The zero-order chi connectivity index (χ0) is 18.4. The fourth-order valence-corrected chi connectivity index (χ4v) is 4.71. The molecule has 1 amide bonds. The van der Waals surface area contributed by atoms with Crippen molar-refractivity contribution in [2.24, 2.45) is 5.92 Å². The summed E-state index contributed by atoms with van der Waals surface area (Å²) in [5.41, 5.74) is 1.27. The molecule has 1 aromatic heterocycles. The first-order valence-electron chi connectivity index (χ1n) is 9.68. The van der Waals surface area contributed by atoms with E-state index in [1.54, 1.807) is 4.57 Å². The molecule has 1 N–H and O–H groups in total. The van der Waals surface area contributed by atoms with Crippen LogP contribution in [0.2, 0.25) is 0 Å². The number of fused-ring (bicyclic) bond motifs is 3. The number of benzene rings is 1. The molecular weight excluding hydrogens is 328 g/mol. The third kappa shape index (κ3) is 2.86. The van der Waals surface area contributed by atoms with Crippen LogP contribution in [-0.4, -0.2) is 45.2 Å². The Morgan fingerprint density at radius 2 is 1.77 bits per heavy atom. The summed E-state index contributed by atoms with van der Waals surface area (Å²) in [7, 11) is 2.18. The van der Waals surface area contributed by atoms with Gasteiger partial charge in [0, 0.05) is 24.7 Å². The number of nitrogens with one attached hydrogen (secondary N) is 1. The summed E-state index contributed by atoms with van der Waals surface area (Å²) in [5, 5.41) is 3.14. The highest BCUT2D eigenvalue weighted by atomic mass is 16.2. The van der Waals surface area contributed by atoms with Crippen molar-refractivity contribution in [1.29, 1.82) is 0 Å². The molecule has 3 heterocycles. The molecule has 3 atom stereocenters. The summed E-state index contributed by atoms with van der Waals surface area (Å²) in [6.45, 7) is 4.76. The van der Waals surface area contributed by atoms with Crippen LogP contribution in [0.15, 0.2) is 29.1 Å². The molecule has 2 saturated heterocycles. The lowest BCUT2D eigenvalue weighted by Gasteiger charge is -2.36. The fraction of sp³-hybridized carbons (Fsp3) is 0.600. The van der Waals surface area contributed by atoms with E-state index in [1.165, 1.54) is 17.4 Å². The lowest BCUT2D eigenvalue weighted by Crippen LogP contribution is -2.50. The molecule has 2 aliphatic heterocycles. The molecule has 2 fully saturated rings. The van der Waals surface area contributed by atoms with E-state index >= 15 is 0 Å². The highest BCUT2D eigenvalue weighted by molar-refractivity contribution is 5.89. The van der Waals surface area contributed by atoms with Gasteiger partial charge in [-0.25, -0.2) is 14.2 Å². The standard InChI is InChI=1S/C20H28N4O2/c1-13(2)12-23-17-6-4-5-7-18(17)24(20(23)26)19(25)21-14-10-15-8-9-16(11-14)22(15)3/h4-7,13-16H,8-12H2,1-3H3,(H,21,25)/t14?,15-,16+. The molecule has 0 radical (unpaired) electrons. The second-order valence-corrected chi connectivity index (χ2v) is 8.28. The van der Waals surface area contributed by atoms with Gasteiger partial charge in [-0.3, -0.25) is 4.57 Å². The molecule has 1 unspecified atom stereocenters. The Balaban J connectivity index is 1.63. The maximum absolute atomic E-state index is 13.0. The highest BCUT2D eigenvalue weighted by Gasteiger charge is 2.39. The van der Waals surface area contributed by atoms with Crippen molar-refractivity contribution < 1.29 is 4.79 Å². The Hall–Kier alpha value is -2.08. The molecule has 4 rings (SSSR count). The van der Waals surface area contributed by atoms with Crippen LogP contribution >= 0.6 is 0 Å². The Labute approximate surface area is 153 Å². The fourth-order valence-electron chi connectivity index (χ4n) is 4.71. The molecule has 2 aliphatic rings. The SMILES string of the molecule is CC(C)Cn1c(=O)n(C(=O)NC2C[C@H]3CC[C@@H](C2)N3C)c2ccccc21. The Kier molecular flexibility index (Phi) is 4.39. The van der Waals surface area contributed by atoms with Gasteiger partial charge in [0.1, 0.15) is 0 Å². The zero-order valence-corrected chi connectivity index (χ0v) is 15.8. The number of aromatic nitrogens is 2. The molecule has 0 aliphatic carbocycles. The Morgan fingerprint density at radius 1 is 1.15 bits per heavy atom. The van der Waals surface area contributed by atoms with E-state index in [0.717, 1.165) is 18.4 Å².